The van der Waals surface area contributed by atoms with Crippen molar-refractivity contribution in [2.45, 2.75) is 82.8 Å². The summed E-state index contributed by atoms with van der Waals surface area (Å²) in [6.45, 7) is 13.2. The molecule has 1 amide bonds. The first-order valence-electron chi connectivity index (χ1n) is 19.6. The molecule has 2 aliphatic heterocycles. The monoisotopic (exact) mass is 809 g/mol. The van der Waals surface area contributed by atoms with Crippen molar-refractivity contribution in [1.82, 2.24) is 15.5 Å². The highest BCUT2D eigenvalue weighted by Crippen LogP contribution is 2.45. The number of nitrogens with one attached hydrogen (secondary N) is 2. The van der Waals surface area contributed by atoms with Gasteiger partial charge in [0.25, 0.3) is 0 Å². The molecule has 296 valence electrons. The molecule has 9 nitrogen and oxygen atoms in total. The Balaban J connectivity index is 1.07. The number of carbonyl (C=O) groups excluding carboxylic acids is 1. The van der Waals surface area contributed by atoms with Gasteiger partial charge in [0.05, 0.1) is 29.3 Å². The van der Waals surface area contributed by atoms with Crippen molar-refractivity contribution >= 4 is 34.8 Å². The summed E-state index contributed by atoms with van der Waals surface area (Å²) >= 11 is 14.0. The highest BCUT2D eigenvalue weighted by atomic mass is 35.5. The van der Waals surface area contributed by atoms with Crippen LogP contribution in [0.1, 0.15) is 79.4 Å². The minimum atomic E-state index is -1.06. The third-order valence-corrected chi connectivity index (χ3v) is 11.8. The van der Waals surface area contributed by atoms with E-state index in [0.29, 0.717) is 83.1 Å². The van der Waals surface area contributed by atoms with Gasteiger partial charge >= 0.3 is 0 Å². The van der Waals surface area contributed by atoms with Crippen molar-refractivity contribution in [3.8, 4) is 34.4 Å². The van der Waals surface area contributed by atoms with Crippen molar-refractivity contribution in [2.24, 2.45) is 0 Å². The predicted octanol–water partition coefficient (Wildman–Crippen LogP) is 9.69. The lowest BCUT2D eigenvalue weighted by Gasteiger charge is -2.34. The van der Waals surface area contributed by atoms with Gasteiger partial charge in [-0.2, -0.15) is 5.26 Å². The fraction of sp³-hybridized carbons (Fsp3) is 0.400. The molecule has 0 radical (unpaired) electrons. The van der Waals surface area contributed by atoms with Crippen molar-refractivity contribution in [1.29, 1.82) is 5.26 Å². The number of rotatable bonds is 14. The van der Waals surface area contributed by atoms with E-state index in [0.717, 1.165) is 73.1 Å². The first kappa shape index (κ1) is 40.4. The molecular weight excluding hydrogens is 764 g/mol. The van der Waals surface area contributed by atoms with Crippen LogP contribution in [0.4, 0.5) is 10.1 Å². The minimum Gasteiger partial charge on any atom is -0.492 e. The Labute approximate surface area is 343 Å². The van der Waals surface area contributed by atoms with E-state index in [2.05, 4.69) is 38.6 Å². The second kappa shape index (κ2) is 18.2. The molecule has 2 heterocycles. The molecule has 0 unspecified atom stereocenters. The maximum Gasteiger partial charge on any atom is 0.220 e. The number of hydrogen-bond acceptors (Lipinski definition) is 7. The van der Waals surface area contributed by atoms with Gasteiger partial charge in [0.15, 0.2) is 5.69 Å². The van der Waals surface area contributed by atoms with E-state index in [-0.39, 0.29) is 24.7 Å². The number of piperidine rings is 2. The fourth-order valence-electron chi connectivity index (χ4n) is 7.84. The topological polar surface area (TPSA) is 100 Å². The van der Waals surface area contributed by atoms with Crippen molar-refractivity contribution in [2.75, 3.05) is 32.8 Å². The number of benzene rings is 4. The van der Waals surface area contributed by atoms with E-state index in [1.807, 2.05) is 36.4 Å². The molecule has 4 aromatic carbocycles. The smallest absolute Gasteiger partial charge is 0.220 e. The number of nitriles is 1. The highest BCUT2D eigenvalue weighted by Gasteiger charge is 2.30. The molecule has 2 fully saturated rings. The maximum absolute atomic E-state index is 14.2. The molecule has 0 spiro atoms. The number of likely N-dealkylation sites (tertiary alicyclic amines) is 1. The molecule has 12 heteroatoms. The van der Waals surface area contributed by atoms with Gasteiger partial charge in [-0.25, -0.2) is 9.24 Å². The van der Waals surface area contributed by atoms with Crippen molar-refractivity contribution in [3.05, 3.63) is 116 Å². The van der Waals surface area contributed by atoms with E-state index in [1.54, 1.807) is 25.1 Å². The Kier molecular flexibility index (Phi) is 12.9. The Morgan fingerprint density at radius 3 is 2.60 bits per heavy atom. The summed E-state index contributed by atoms with van der Waals surface area (Å²) in [5.41, 5.74) is 5.36. The first-order chi connectivity index (χ1) is 27.6. The maximum atomic E-state index is 14.2. The van der Waals surface area contributed by atoms with Crippen LogP contribution in [0.2, 0.25) is 10.0 Å². The van der Waals surface area contributed by atoms with Crippen LogP contribution in [-0.4, -0.2) is 55.3 Å². The molecule has 0 bridgehead atoms. The van der Waals surface area contributed by atoms with Gasteiger partial charge < -0.3 is 29.7 Å². The highest BCUT2D eigenvalue weighted by molar-refractivity contribution is 6.35. The van der Waals surface area contributed by atoms with Crippen LogP contribution in [0.15, 0.2) is 66.7 Å². The molecule has 0 aromatic heterocycles. The third kappa shape index (κ3) is 10.0. The molecule has 3 aliphatic rings. The average Bonchev–Trinajstić information content (AvgIpc) is 3.63. The number of fused-ring (bicyclic) bond motifs is 1. The van der Waals surface area contributed by atoms with E-state index in [9.17, 15) is 14.4 Å². The summed E-state index contributed by atoms with van der Waals surface area (Å²) in [7, 11) is 0. The molecule has 2 N–H and O–H groups in total. The molecule has 0 saturated carbocycles. The second-order valence-electron chi connectivity index (χ2n) is 15.3. The quantitative estimate of drug-likeness (QED) is 0.0967. The van der Waals surface area contributed by atoms with Gasteiger partial charge in [-0.05, 0) is 98.0 Å². The SMILES string of the molecule is [C-]#[N+]c1cc(C#N)cc(COc2cc(O[C@H]3CCc4c(-c5cccc(OCCCN6CCC(C)(F)CC6)c5Cl)cccc43)c(Cl)cc2CN[C@H]2CCC(=O)NC2)c1. The van der Waals surface area contributed by atoms with Gasteiger partial charge in [0, 0.05) is 67.9 Å². The predicted molar refractivity (Wildman–Crippen MR) is 220 cm³/mol. The molecular formula is C45H46Cl2FN5O4. The Morgan fingerprint density at radius 1 is 1.02 bits per heavy atom. The normalized spacial score (nSPS) is 18.9. The molecule has 4 aromatic rings. The van der Waals surface area contributed by atoms with Crippen LogP contribution in [0.25, 0.3) is 16.0 Å². The lowest BCUT2D eigenvalue weighted by Crippen LogP contribution is -2.45. The van der Waals surface area contributed by atoms with E-state index in [4.69, 9.17) is 44.0 Å². The van der Waals surface area contributed by atoms with Gasteiger partial charge in [-0.15, -0.1) is 0 Å². The van der Waals surface area contributed by atoms with Crippen LogP contribution >= 0.6 is 23.2 Å². The zero-order valence-electron chi connectivity index (χ0n) is 32.0. The molecule has 1 aliphatic carbocycles. The lowest BCUT2D eigenvalue weighted by molar-refractivity contribution is -0.122. The molecule has 2 atom stereocenters. The van der Waals surface area contributed by atoms with Crippen LogP contribution in [-0.2, 0) is 24.4 Å². The Hall–Kier alpha value is -4.84. The Bertz CT molecular complexity index is 2150. The number of carbonyl (C=O) groups is 1. The number of hydrogen-bond donors (Lipinski definition) is 2. The Morgan fingerprint density at radius 2 is 1.82 bits per heavy atom. The van der Waals surface area contributed by atoms with Gasteiger partial charge in [-0.1, -0.05) is 53.5 Å². The van der Waals surface area contributed by atoms with E-state index >= 15 is 0 Å². The number of amides is 1. The number of halogens is 3. The third-order valence-electron chi connectivity index (χ3n) is 11.1. The average molecular weight is 811 g/mol. The first-order valence-corrected chi connectivity index (χ1v) is 20.3. The van der Waals surface area contributed by atoms with E-state index < -0.39 is 5.67 Å². The van der Waals surface area contributed by atoms with Gasteiger partial charge in [-0.3, -0.25) is 4.79 Å². The van der Waals surface area contributed by atoms with Crippen molar-refractivity contribution < 1.29 is 23.4 Å². The summed E-state index contributed by atoms with van der Waals surface area (Å²) < 4.78 is 33.5. The largest absolute Gasteiger partial charge is 0.492 e. The van der Waals surface area contributed by atoms with Crippen LogP contribution in [0.3, 0.4) is 0 Å². The number of alkyl halides is 1. The van der Waals surface area contributed by atoms with Crippen molar-refractivity contribution in [3.63, 3.8) is 0 Å². The summed E-state index contributed by atoms with van der Waals surface area (Å²) in [4.78, 5) is 17.5. The molecule has 2 saturated heterocycles. The summed E-state index contributed by atoms with van der Waals surface area (Å²) in [5, 5.41) is 16.9. The number of ether oxygens (including phenoxy) is 3. The minimum absolute atomic E-state index is 0.0515. The van der Waals surface area contributed by atoms with Gasteiger partial charge in [0.2, 0.25) is 5.91 Å². The number of nitrogens with zero attached hydrogens (tertiary/aromatic N) is 3. The zero-order valence-corrected chi connectivity index (χ0v) is 33.5. The fourth-order valence-corrected chi connectivity index (χ4v) is 8.35. The van der Waals surface area contributed by atoms with E-state index in [1.165, 1.54) is 0 Å². The summed E-state index contributed by atoms with van der Waals surface area (Å²) in [6, 6.07) is 22.9. The lowest BCUT2D eigenvalue weighted by atomic mass is 9.96. The zero-order chi connectivity index (χ0) is 39.9. The molecule has 57 heavy (non-hydrogen) atoms. The summed E-state index contributed by atoms with van der Waals surface area (Å²) in [6.07, 6.45) is 4.41. The van der Waals surface area contributed by atoms with Crippen LogP contribution in [0.5, 0.6) is 17.2 Å². The van der Waals surface area contributed by atoms with Crippen LogP contribution < -0.4 is 24.8 Å². The molecule has 7 rings (SSSR count). The summed E-state index contributed by atoms with van der Waals surface area (Å²) in [5.74, 6) is 1.73. The van der Waals surface area contributed by atoms with Gasteiger partial charge in [0.1, 0.15) is 35.6 Å². The van der Waals surface area contributed by atoms with Crippen LogP contribution in [0, 0.1) is 17.9 Å². The second-order valence-corrected chi connectivity index (χ2v) is 16.1. The standard InChI is InChI=1S/C45H46Cl2FN5O4/c1-45(48)14-17-53(18-15-45)16-5-19-55-40-9-4-8-37(44(40)47)34-6-3-7-36-35(34)11-12-39(36)57-42-24-41(56-28-30-20-29(25-49)21-33(22-30)50-2)31(23-38(42)46)26-51-32-10-13-43(54)52-27-32/h3-4,6-9,20-24,32,39,51H,5,10-19,26-28H2,1H3,(H,52,54)/t32-,39-/m0/s1.